The topological polar surface area (TPSA) is 185 Å². The first-order chi connectivity index (χ1) is 24.2. The molecule has 2 amide bonds. The average molecular weight is 747 g/mol. The minimum Gasteiger partial charge on any atom is -0.481 e. The van der Waals surface area contributed by atoms with Crippen LogP contribution in [0.15, 0.2) is 0 Å². The van der Waals surface area contributed by atoms with Gasteiger partial charge >= 0.3 is 11.9 Å². The van der Waals surface area contributed by atoms with Gasteiger partial charge in [0, 0.05) is 37.4 Å². The number of unbranched alkanes of at least 4 members (excludes halogenated alkanes) is 24. The van der Waals surface area contributed by atoms with Gasteiger partial charge in [0.25, 0.3) is 0 Å². The Bertz CT molecular complexity index is 773. The largest absolute Gasteiger partial charge is 0.481 e. The van der Waals surface area contributed by atoms with Gasteiger partial charge in [0.05, 0.1) is 12.1 Å². The molecule has 8 N–H and O–H groups in total. The van der Waals surface area contributed by atoms with E-state index in [-0.39, 0.29) is 11.8 Å². The molecule has 12 heteroatoms. The molecule has 0 aromatic heterocycles. The molecule has 10 nitrogen and oxygen atoms in total. The molecule has 0 bridgehead atoms. The molecule has 0 aliphatic carbocycles. The molecule has 0 saturated heterocycles. The summed E-state index contributed by atoms with van der Waals surface area (Å²) in [6, 6.07) is -1.15. The van der Waals surface area contributed by atoms with Crippen LogP contribution in [0.4, 0.5) is 0 Å². The maximum atomic E-state index is 12.3. The Balaban J connectivity index is 3.47. The molecule has 0 aromatic rings. The van der Waals surface area contributed by atoms with Crippen LogP contribution in [0.5, 0.6) is 0 Å². The lowest BCUT2D eigenvalue weighted by atomic mass is 10.0. The predicted molar refractivity (Wildman–Crippen MR) is 211 cm³/mol. The van der Waals surface area contributed by atoms with Crippen molar-refractivity contribution in [3.8, 4) is 0 Å². The number of hydrogen-bond donors (Lipinski definition) is 6. The highest BCUT2D eigenvalue weighted by atomic mass is 33.1. The predicted octanol–water partition coefficient (Wildman–Crippen LogP) is 8.35. The van der Waals surface area contributed by atoms with Gasteiger partial charge in [-0.25, -0.2) is 0 Å². The maximum Gasteiger partial charge on any atom is 0.303 e. The smallest absolute Gasteiger partial charge is 0.303 e. The lowest BCUT2D eigenvalue weighted by Gasteiger charge is -2.14. The molecule has 0 rings (SSSR count). The molecule has 0 saturated carbocycles. The van der Waals surface area contributed by atoms with Crippen molar-refractivity contribution in [1.29, 1.82) is 0 Å². The second-order valence-corrected chi connectivity index (χ2v) is 16.4. The lowest BCUT2D eigenvalue weighted by molar-refractivity contribution is -0.138. The van der Waals surface area contributed by atoms with Crippen LogP contribution < -0.4 is 22.1 Å². The highest BCUT2D eigenvalue weighted by Crippen LogP contribution is 2.22. The van der Waals surface area contributed by atoms with Crippen molar-refractivity contribution in [2.24, 2.45) is 11.5 Å². The summed E-state index contributed by atoms with van der Waals surface area (Å²) in [5, 5.41) is 23.2. The number of nitrogens with one attached hydrogen (secondary N) is 2. The Morgan fingerprint density at radius 3 is 0.860 bits per heavy atom. The fraction of sp³-hybridized carbons (Fsp3) is 0.895. The van der Waals surface area contributed by atoms with Crippen molar-refractivity contribution in [2.45, 2.75) is 192 Å². The number of amides is 2. The molecule has 50 heavy (non-hydrogen) atoms. The van der Waals surface area contributed by atoms with E-state index in [0.717, 1.165) is 64.2 Å². The van der Waals surface area contributed by atoms with Gasteiger partial charge in [0.15, 0.2) is 0 Å². The van der Waals surface area contributed by atoms with Gasteiger partial charge < -0.3 is 32.3 Å². The first-order valence-corrected chi connectivity index (χ1v) is 22.5. The number of aliphatic carboxylic acids is 2. The van der Waals surface area contributed by atoms with Crippen LogP contribution in [-0.4, -0.2) is 70.6 Å². The van der Waals surface area contributed by atoms with Crippen LogP contribution in [-0.2, 0) is 19.2 Å². The second kappa shape index (κ2) is 37.3. The van der Waals surface area contributed by atoms with E-state index in [9.17, 15) is 19.2 Å². The molecule has 0 spiro atoms. The summed E-state index contributed by atoms with van der Waals surface area (Å²) in [6.45, 7) is 1.31. The van der Waals surface area contributed by atoms with Gasteiger partial charge in [-0.3, -0.25) is 19.2 Å². The molecule has 0 fully saturated rings. The molecular weight excluding hydrogens is 673 g/mol. The van der Waals surface area contributed by atoms with Crippen LogP contribution in [0.2, 0.25) is 0 Å². The highest BCUT2D eigenvalue weighted by Gasteiger charge is 2.16. The standard InChI is InChI=1S/C38H74N4O6S2/c39-33(37(47)41-29-25-21-17-13-9-5-1-3-7-11-15-19-23-27-35(43)44)31-49-50-32-34(40)38(48)42-30-26-22-18-14-10-6-2-4-8-12-16-20-24-28-36(45)46/h33-34H,1-32,39-40H2,(H,41,47)(H,42,48)(H,43,44)(H,45,46). The van der Waals surface area contributed by atoms with Crippen molar-refractivity contribution in [3.63, 3.8) is 0 Å². The Morgan fingerprint density at radius 1 is 0.400 bits per heavy atom. The maximum absolute atomic E-state index is 12.3. The zero-order valence-corrected chi connectivity index (χ0v) is 32.9. The first kappa shape index (κ1) is 48.5. The summed E-state index contributed by atoms with van der Waals surface area (Å²) in [5.41, 5.74) is 12.1. The third-order valence-corrected chi connectivity index (χ3v) is 11.5. The van der Waals surface area contributed by atoms with Crippen LogP contribution in [0.1, 0.15) is 180 Å². The normalized spacial score (nSPS) is 12.4. The monoisotopic (exact) mass is 747 g/mol. The zero-order chi connectivity index (χ0) is 36.9. The van der Waals surface area contributed by atoms with Crippen molar-refractivity contribution in [1.82, 2.24) is 10.6 Å². The quantitative estimate of drug-likeness (QED) is 0.0264. The Hall–Kier alpha value is -1.50. The summed E-state index contributed by atoms with van der Waals surface area (Å²) in [7, 11) is 2.97. The van der Waals surface area contributed by atoms with Crippen molar-refractivity contribution < 1.29 is 29.4 Å². The van der Waals surface area contributed by atoms with E-state index in [0.29, 0.717) is 37.4 Å². The molecule has 0 radical (unpaired) electrons. The SMILES string of the molecule is NC(CSSCC(N)C(=O)NCCCCCCCCCCCCCCCC(=O)O)C(=O)NCCCCCCCCCCCCCCCC(=O)O. The number of carbonyl (C=O) groups excluding carboxylic acids is 2. The molecule has 0 aliphatic rings. The molecule has 2 atom stereocenters. The van der Waals surface area contributed by atoms with Gasteiger partial charge in [0.1, 0.15) is 0 Å². The first-order valence-electron chi connectivity index (χ1n) is 20.0. The number of hydrogen-bond acceptors (Lipinski definition) is 8. The third kappa shape index (κ3) is 36.3. The summed E-state index contributed by atoms with van der Waals surface area (Å²) < 4.78 is 0. The van der Waals surface area contributed by atoms with Crippen LogP contribution >= 0.6 is 21.6 Å². The van der Waals surface area contributed by atoms with E-state index in [2.05, 4.69) is 10.6 Å². The number of carboxylic acids is 2. The van der Waals surface area contributed by atoms with Gasteiger partial charge in [-0.05, 0) is 25.7 Å². The number of rotatable bonds is 39. The Morgan fingerprint density at radius 2 is 0.620 bits per heavy atom. The van der Waals surface area contributed by atoms with E-state index in [1.165, 1.54) is 124 Å². The molecular formula is C38H74N4O6S2. The molecule has 0 heterocycles. The summed E-state index contributed by atoms with van der Waals surface area (Å²) in [5.74, 6) is -0.674. The van der Waals surface area contributed by atoms with Crippen molar-refractivity contribution >= 4 is 45.3 Å². The van der Waals surface area contributed by atoms with Crippen molar-refractivity contribution in [3.05, 3.63) is 0 Å². The number of nitrogens with two attached hydrogens (primary N) is 2. The van der Waals surface area contributed by atoms with E-state index in [4.69, 9.17) is 21.7 Å². The van der Waals surface area contributed by atoms with Gasteiger partial charge in [0.2, 0.25) is 11.8 Å². The highest BCUT2D eigenvalue weighted by molar-refractivity contribution is 8.76. The van der Waals surface area contributed by atoms with Gasteiger partial charge in [-0.1, -0.05) is 163 Å². The second-order valence-electron chi connectivity index (χ2n) is 13.8. The van der Waals surface area contributed by atoms with E-state index in [1.54, 1.807) is 0 Å². The lowest BCUT2D eigenvalue weighted by Crippen LogP contribution is -2.43. The fourth-order valence-electron chi connectivity index (χ4n) is 5.77. The van der Waals surface area contributed by atoms with Crippen LogP contribution in [0, 0.1) is 0 Å². The molecule has 0 aromatic carbocycles. The van der Waals surface area contributed by atoms with Crippen LogP contribution in [0.3, 0.4) is 0 Å². The summed E-state index contributed by atoms with van der Waals surface area (Å²) >= 11 is 0. The minimum atomic E-state index is -0.690. The Kier molecular flexibility index (Phi) is 36.1. The molecule has 294 valence electrons. The summed E-state index contributed by atoms with van der Waals surface area (Å²) in [4.78, 5) is 45.6. The molecule has 2 unspecified atom stereocenters. The Labute approximate surface area is 312 Å². The molecule has 0 aliphatic heterocycles. The van der Waals surface area contributed by atoms with E-state index in [1.807, 2.05) is 0 Å². The average Bonchev–Trinajstić information content (AvgIpc) is 3.08. The van der Waals surface area contributed by atoms with Gasteiger partial charge in [-0.15, -0.1) is 0 Å². The van der Waals surface area contributed by atoms with Crippen LogP contribution in [0.25, 0.3) is 0 Å². The zero-order valence-electron chi connectivity index (χ0n) is 31.3. The number of carboxylic acid groups (broad SMARTS) is 2. The minimum absolute atomic E-state index is 0.125. The van der Waals surface area contributed by atoms with Crippen molar-refractivity contribution in [2.75, 3.05) is 24.6 Å². The van der Waals surface area contributed by atoms with E-state index >= 15 is 0 Å². The fourth-order valence-corrected chi connectivity index (χ4v) is 8.02. The van der Waals surface area contributed by atoms with E-state index < -0.39 is 24.0 Å². The number of carbonyl (C=O) groups is 4. The van der Waals surface area contributed by atoms with Gasteiger partial charge in [-0.2, -0.15) is 0 Å². The summed E-state index contributed by atoms with van der Waals surface area (Å²) in [6.07, 6.45) is 30.7. The third-order valence-electron chi connectivity index (χ3n) is 8.99.